The minimum absolute atomic E-state index is 0.147. The van der Waals surface area contributed by atoms with Crippen LogP contribution in [0, 0.1) is 27.7 Å². The molecule has 1 unspecified atom stereocenters. The second kappa shape index (κ2) is 5.97. The first-order chi connectivity index (χ1) is 8.79. The fourth-order valence-corrected chi connectivity index (χ4v) is 2.26. The van der Waals surface area contributed by atoms with Gasteiger partial charge in [-0.25, -0.2) is 0 Å². The van der Waals surface area contributed by atoms with Crippen LogP contribution in [0.1, 0.15) is 39.0 Å². The Morgan fingerprint density at radius 2 is 1.63 bits per heavy atom. The Hall–Kier alpha value is -1.68. The monoisotopic (exact) mass is 263 g/mol. The lowest BCUT2D eigenvalue weighted by Crippen LogP contribution is -2.37. The van der Waals surface area contributed by atoms with Crippen molar-refractivity contribution < 1.29 is 14.7 Å². The maximum atomic E-state index is 12.5. The second-order valence-corrected chi connectivity index (χ2v) is 4.94. The number of carboxylic acids is 1. The average Bonchev–Trinajstić information content (AvgIpc) is 2.33. The molecular formula is C15H21NO3. The normalized spacial score (nSPS) is 12.3. The van der Waals surface area contributed by atoms with Crippen LogP contribution in [0.25, 0.3) is 0 Å². The lowest BCUT2D eigenvalue weighted by molar-refractivity contribution is -0.137. The van der Waals surface area contributed by atoms with E-state index in [0.29, 0.717) is 5.56 Å². The first-order valence-corrected chi connectivity index (χ1v) is 6.30. The molecule has 0 aliphatic carbocycles. The Morgan fingerprint density at radius 3 is 2.00 bits per heavy atom. The largest absolute Gasteiger partial charge is 0.481 e. The van der Waals surface area contributed by atoms with E-state index >= 15 is 0 Å². The van der Waals surface area contributed by atoms with Gasteiger partial charge >= 0.3 is 5.97 Å². The lowest BCUT2D eigenvalue weighted by atomic mass is 9.88. The summed E-state index contributed by atoms with van der Waals surface area (Å²) in [6.45, 7) is 7.74. The molecule has 0 aromatic heterocycles. The number of hydrogen-bond acceptors (Lipinski definition) is 3. The van der Waals surface area contributed by atoms with Crippen molar-refractivity contribution in [3.63, 3.8) is 0 Å². The molecule has 19 heavy (non-hydrogen) atoms. The fourth-order valence-electron chi connectivity index (χ4n) is 2.26. The molecular weight excluding hydrogens is 242 g/mol. The van der Waals surface area contributed by atoms with Crippen LogP contribution in [0.4, 0.5) is 0 Å². The summed E-state index contributed by atoms with van der Waals surface area (Å²) in [6.07, 6.45) is -0.207. The predicted octanol–water partition coefficient (Wildman–Crippen LogP) is 2.17. The first kappa shape index (κ1) is 15.4. The highest BCUT2D eigenvalue weighted by Gasteiger charge is 2.25. The van der Waals surface area contributed by atoms with Crippen molar-refractivity contribution in [1.29, 1.82) is 0 Å². The summed E-state index contributed by atoms with van der Waals surface area (Å²) in [5.74, 6) is -1.13. The number of Topliss-reactive ketones (excluding diaryl/α,β-unsaturated/α-hetero) is 1. The minimum atomic E-state index is -0.979. The van der Waals surface area contributed by atoms with Gasteiger partial charge in [0.2, 0.25) is 0 Å². The molecule has 4 heteroatoms. The number of hydrogen-bond donors (Lipinski definition) is 2. The van der Waals surface area contributed by atoms with Crippen LogP contribution in [-0.2, 0) is 4.79 Å². The quantitative estimate of drug-likeness (QED) is 0.799. The molecule has 0 radical (unpaired) electrons. The molecule has 1 aromatic carbocycles. The smallest absolute Gasteiger partial charge is 0.305 e. The van der Waals surface area contributed by atoms with Gasteiger partial charge in [-0.05, 0) is 57.0 Å². The number of carbonyl (C=O) groups excluding carboxylic acids is 1. The summed E-state index contributed by atoms with van der Waals surface area (Å²) < 4.78 is 0. The van der Waals surface area contributed by atoms with Gasteiger partial charge in [0, 0.05) is 5.56 Å². The Labute approximate surface area is 113 Å². The van der Waals surface area contributed by atoms with Gasteiger partial charge < -0.3 is 10.4 Å². The zero-order chi connectivity index (χ0) is 14.7. The van der Waals surface area contributed by atoms with Crippen molar-refractivity contribution in [2.75, 3.05) is 7.05 Å². The van der Waals surface area contributed by atoms with Crippen molar-refractivity contribution in [2.24, 2.45) is 0 Å². The van der Waals surface area contributed by atoms with E-state index in [9.17, 15) is 9.59 Å². The number of nitrogens with one attached hydrogen (secondary N) is 1. The van der Waals surface area contributed by atoms with Crippen molar-refractivity contribution >= 4 is 11.8 Å². The maximum Gasteiger partial charge on any atom is 0.305 e. The van der Waals surface area contributed by atoms with Gasteiger partial charge in [-0.1, -0.05) is 6.07 Å². The molecule has 0 saturated carbocycles. The molecule has 0 aliphatic rings. The lowest BCUT2D eigenvalue weighted by Gasteiger charge is -2.19. The van der Waals surface area contributed by atoms with E-state index in [1.165, 1.54) is 0 Å². The predicted molar refractivity (Wildman–Crippen MR) is 74.8 cm³/mol. The van der Waals surface area contributed by atoms with E-state index < -0.39 is 12.0 Å². The highest BCUT2D eigenvalue weighted by Crippen LogP contribution is 2.23. The van der Waals surface area contributed by atoms with Crippen molar-refractivity contribution in [3.8, 4) is 0 Å². The SMILES string of the molecule is CNC(CC(=O)O)C(=O)c1c(C)c(C)cc(C)c1C. The molecule has 0 amide bonds. The topological polar surface area (TPSA) is 66.4 Å². The molecule has 0 aliphatic heterocycles. The van der Waals surface area contributed by atoms with E-state index in [1.807, 2.05) is 33.8 Å². The number of aryl methyl sites for hydroxylation is 2. The summed E-state index contributed by atoms with van der Waals surface area (Å²) in [7, 11) is 1.61. The van der Waals surface area contributed by atoms with E-state index in [-0.39, 0.29) is 12.2 Å². The summed E-state index contributed by atoms with van der Waals surface area (Å²) in [4.78, 5) is 23.3. The van der Waals surface area contributed by atoms with E-state index in [1.54, 1.807) is 7.05 Å². The third-order valence-electron chi connectivity index (χ3n) is 3.66. The number of carbonyl (C=O) groups is 2. The summed E-state index contributed by atoms with van der Waals surface area (Å²) >= 11 is 0. The fraction of sp³-hybridized carbons (Fsp3) is 0.467. The maximum absolute atomic E-state index is 12.5. The molecule has 1 rings (SSSR count). The molecule has 0 heterocycles. The molecule has 4 nitrogen and oxygen atoms in total. The Balaban J connectivity index is 3.29. The van der Waals surface area contributed by atoms with Crippen LogP contribution in [0.3, 0.4) is 0 Å². The number of rotatable bonds is 5. The number of likely N-dealkylation sites (N-methyl/N-ethyl adjacent to an activating group) is 1. The third-order valence-corrected chi connectivity index (χ3v) is 3.66. The van der Waals surface area contributed by atoms with Gasteiger partial charge in [0.05, 0.1) is 12.5 Å². The molecule has 104 valence electrons. The second-order valence-electron chi connectivity index (χ2n) is 4.94. The number of carboxylic acid groups (broad SMARTS) is 1. The zero-order valence-electron chi connectivity index (χ0n) is 12.1. The van der Waals surface area contributed by atoms with Crippen LogP contribution < -0.4 is 5.32 Å². The van der Waals surface area contributed by atoms with Gasteiger partial charge in [0.1, 0.15) is 0 Å². The molecule has 0 bridgehead atoms. The highest BCUT2D eigenvalue weighted by atomic mass is 16.4. The van der Waals surface area contributed by atoms with Gasteiger partial charge in [-0.2, -0.15) is 0 Å². The Morgan fingerprint density at radius 1 is 1.16 bits per heavy atom. The summed E-state index contributed by atoms with van der Waals surface area (Å²) in [5, 5.41) is 11.7. The van der Waals surface area contributed by atoms with E-state index in [4.69, 9.17) is 5.11 Å². The van der Waals surface area contributed by atoms with Crippen LogP contribution in [0.5, 0.6) is 0 Å². The van der Waals surface area contributed by atoms with Crippen LogP contribution in [0.2, 0.25) is 0 Å². The van der Waals surface area contributed by atoms with Gasteiger partial charge in [-0.15, -0.1) is 0 Å². The molecule has 1 aromatic rings. The molecule has 0 spiro atoms. The molecule has 0 saturated heterocycles. The summed E-state index contributed by atoms with van der Waals surface area (Å²) in [5.41, 5.74) is 4.61. The molecule has 2 N–H and O–H groups in total. The average molecular weight is 263 g/mol. The molecule has 0 fully saturated rings. The Kier molecular flexibility index (Phi) is 4.84. The van der Waals surface area contributed by atoms with Crippen molar-refractivity contribution in [2.45, 2.75) is 40.2 Å². The number of aliphatic carboxylic acids is 1. The Bertz CT molecular complexity index is 494. The van der Waals surface area contributed by atoms with Crippen LogP contribution in [-0.4, -0.2) is 29.9 Å². The zero-order valence-corrected chi connectivity index (χ0v) is 12.1. The van der Waals surface area contributed by atoms with Crippen molar-refractivity contribution in [1.82, 2.24) is 5.32 Å². The van der Waals surface area contributed by atoms with Crippen LogP contribution in [0.15, 0.2) is 6.07 Å². The van der Waals surface area contributed by atoms with Crippen molar-refractivity contribution in [3.05, 3.63) is 33.9 Å². The van der Waals surface area contributed by atoms with Crippen LogP contribution >= 0.6 is 0 Å². The summed E-state index contributed by atoms with van der Waals surface area (Å²) in [6, 6.07) is 1.36. The van der Waals surface area contributed by atoms with Gasteiger partial charge in [0.25, 0.3) is 0 Å². The standard InChI is InChI=1S/C15H21NO3/c1-8-6-9(2)11(4)14(10(8)3)15(19)12(16-5)7-13(17)18/h6,12,16H,7H2,1-5H3,(H,17,18). The third kappa shape index (κ3) is 3.20. The van der Waals surface area contributed by atoms with Gasteiger partial charge in [0.15, 0.2) is 5.78 Å². The van der Waals surface area contributed by atoms with E-state index in [0.717, 1.165) is 22.3 Å². The minimum Gasteiger partial charge on any atom is -0.481 e. The number of benzene rings is 1. The number of ketones is 1. The van der Waals surface area contributed by atoms with E-state index in [2.05, 4.69) is 5.32 Å². The van der Waals surface area contributed by atoms with Gasteiger partial charge in [-0.3, -0.25) is 9.59 Å². The highest BCUT2D eigenvalue weighted by molar-refractivity contribution is 6.04. The first-order valence-electron chi connectivity index (χ1n) is 6.30. The molecule has 1 atom stereocenters.